The molecule has 0 heterocycles. The van der Waals surface area contributed by atoms with E-state index in [1.54, 1.807) is 0 Å². The number of halogens is 1. The summed E-state index contributed by atoms with van der Waals surface area (Å²) in [6.07, 6.45) is 0.230. The van der Waals surface area contributed by atoms with Gasteiger partial charge in [-0.25, -0.2) is 4.39 Å². The number of hydrogen-bond acceptors (Lipinski definition) is 12. The number of carbonyl (C=O) groups is 1. The van der Waals surface area contributed by atoms with E-state index in [0.717, 1.165) is 0 Å². The van der Waals surface area contributed by atoms with Crippen molar-refractivity contribution in [2.24, 2.45) is 0 Å². The van der Waals surface area contributed by atoms with Crippen LogP contribution in [0.2, 0.25) is 0 Å². The van der Waals surface area contributed by atoms with Crippen molar-refractivity contribution in [3.63, 3.8) is 0 Å². The maximum atomic E-state index is 11.8. The van der Waals surface area contributed by atoms with Crippen LogP contribution in [0.25, 0.3) is 0 Å². The zero-order valence-corrected chi connectivity index (χ0v) is 24.8. The fourth-order valence-corrected chi connectivity index (χ4v) is 2.68. The van der Waals surface area contributed by atoms with Gasteiger partial charge in [0.25, 0.3) is 0 Å². The summed E-state index contributed by atoms with van der Waals surface area (Å²) in [7, 11) is 0. The standard InChI is InChI=1S/C27H53FO12/c1-27(2,3)40-26(29)4-6-30-8-10-32-12-14-34-16-18-36-20-22-38-24-25-39-23-21-37-19-17-35-15-13-33-11-9-31-7-5-28/h4-25H2,1-3H3. The molecule has 0 atom stereocenters. The van der Waals surface area contributed by atoms with Crippen LogP contribution in [0.5, 0.6) is 0 Å². The molecule has 40 heavy (non-hydrogen) atoms. The summed E-state index contributed by atoms with van der Waals surface area (Å²) in [5, 5.41) is 0. The SMILES string of the molecule is CC(C)(C)OC(=O)CCOCCOCCOCCOCCOCCOCCOCCOCCOCCOCCF. The molecule has 0 aliphatic carbocycles. The van der Waals surface area contributed by atoms with Crippen LogP contribution in [-0.2, 0) is 56.9 Å². The van der Waals surface area contributed by atoms with Crippen molar-refractivity contribution < 1.29 is 61.3 Å². The summed E-state index contributed by atoms with van der Waals surface area (Å²) in [6.45, 7) is 13.9. The van der Waals surface area contributed by atoms with Gasteiger partial charge in [0.15, 0.2) is 0 Å². The van der Waals surface area contributed by atoms with Crippen LogP contribution < -0.4 is 0 Å². The second-order valence-electron chi connectivity index (χ2n) is 9.15. The first-order chi connectivity index (χ1) is 19.5. The average molecular weight is 589 g/mol. The van der Waals surface area contributed by atoms with Gasteiger partial charge in [0.05, 0.1) is 139 Å². The lowest BCUT2D eigenvalue weighted by Crippen LogP contribution is -2.24. The number of hydrogen-bond donors (Lipinski definition) is 0. The van der Waals surface area contributed by atoms with Crippen LogP contribution in [0, 0.1) is 0 Å². The summed E-state index contributed by atoms with van der Waals surface area (Å²) in [5.41, 5.74) is -0.474. The zero-order valence-electron chi connectivity index (χ0n) is 24.8. The Balaban J connectivity index is 3.09. The van der Waals surface area contributed by atoms with Gasteiger partial charge in [0, 0.05) is 0 Å². The lowest BCUT2D eigenvalue weighted by atomic mass is 10.2. The molecule has 0 aromatic heterocycles. The zero-order chi connectivity index (χ0) is 29.4. The highest BCUT2D eigenvalue weighted by molar-refractivity contribution is 5.69. The maximum absolute atomic E-state index is 11.8. The molecule has 0 bridgehead atoms. The smallest absolute Gasteiger partial charge is 0.308 e. The Kier molecular flexibility index (Phi) is 30.2. The average Bonchev–Trinajstić information content (AvgIpc) is 2.90. The molecular formula is C27H53FO12. The third-order valence-corrected chi connectivity index (χ3v) is 4.44. The van der Waals surface area contributed by atoms with Crippen LogP contribution in [0.3, 0.4) is 0 Å². The highest BCUT2D eigenvalue weighted by Crippen LogP contribution is 2.08. The van der Waals surface area contributed by atoms with Gasteiger partial charge < -0.3 is 52.1 Å². The topological polar surface area (TPSA) is 119 Å². The second-order valence-corrected chi connectivity index (χ2v) is 9.15. The molecule has 0 aromatic carbocycles. The van der Waals surface area contributed by atoms with E-state index in [9.17, 15) is 9.18 Å². The third kappa shape index (κ3) is 35.0. The molecule has 0 rings (SSSR count). The molecule has 0 aliphatic rings. The van der Waals surface area contributed by atoms with Gasteiger partial charge in [0.2, 0.25) is 0 Å². The van der Waals surface area contributed by atoms with E-state index in [2.05, 4.69) is 0 Å². The minimum absolute atomic E-state index is 0.111. The molecule has 0 saturated carbocycles. The fourth-order valence-electron chi connectivity index (χ4n) is 2.68. The van der Waals surface area contributed by atoms with Gasteiger partial charge in [-0.15, -0.1) is 0 Å². The monoisotopic (exact) mass is 588 g/mol. The fraction of sp³-hybridized carbons (Fsp3) is 0.963. The summed E-state index contributed by atoms with van der Waals surface area (Å²) in [5.74, 6) is -0.267. The Morgan fingerprint density at radius 1 is 0.425 bits per heavy atom. The van der Waals surface area contributed by atoms with E-state index in [1.165, 1.54) is 0 Å². The molecule has 13 heteroatoms. The molecule has 0 amide bonds. The molecular weight excluding hydrogens is 535 g/mol. The number of rotatable bonds is 32. The van der Waals surface area contributed by atoms with Gasteiger partial charge in [-0.2, -0.15) is 0 Å². The normalized spacial score (nSPS) is 11.8. The Morgan fingerprint density at radius 2 is 0.650 bits per heavy atom. The highest BCUT2D eigenvalue weighted by atomic mass is 19.1. The Hall–Kier alpha value is -1.00. The molecule has 0 radical (unpaired) electrons. The summed E-state index contributed by atoms with van der Waals surface area (Å²) in [4.78, 5) is 11.5. The highest BCUT2D eigenvalue weighted by Gasteiger charge is 2.15. The first-order valence-corrected chi connectivity index (χ1v) is 14.0. The number of esters is 1. The van der Waals surface area contributed by atoms with Crippen LogP contribution in [0.15, 0.2) is 0 Å². The van der Waals surface area contributed by atoms with Crippen molar-refractivity contribution in [2.75, 3.05) is 139 Å². The van der Waals surface area contributed by atoms with Crippen molar-refractivity contribution >= 4 is 5.97 Å². The van der Waals surface area contributed by atoms with Crippen molar-refractivity contribution in [3.8, 4) is 0 Å². The number of carbonyl (C=O) groups excluding carboxylic acids is 1. The van der Waals surface area contributed by atoms with Crippen molar-refractivity contribution in [3.05, 3.63) is 0 Å². The van der Waals surface area contributed by atoms with Crippen LogP contribution in [0.4, 0.5) is 4.39 Å². The van der Waals surface area contributed by atoms with Gasteiger partial charge in [-0.1, -0.05) is 0 Å². The Labute approximate surface area is 239 Å². The molecule has 0 spiro atoms. The lowest BCUT2D eigenvalue weighted by molar-refractivity contribution is -0.156. The van der Waals surface area contributed by atoms with Crippen molar-refractivity contribution in [1.29, 1.82) is 0 Å². The molecule has 0 saturated heterocycles. The van der Waals surface area contributed by atoms with Gasteiger partial charge in [0.1, 0.15) is 12.3 Å². The van der Waals surface area contributed by atoms with Gasteiger partial charge in [-0.05, 0) is 20.8 Å². The Morgan fingerprint density at radius 3 is 0.875 bits per heavy atom. The number of ether oxygens (including phenoxy) is 11. The summed E-state index contributed by atoms with van der Waals surface area (Å²) >= 11 is 0. The molecule has 0 aliphatic heterocycles. The molecule has 0 fully saturated rings. The van der Waals surface area contributed by atoms with E-state index < -0.39 is 12.3 Å². The minimum atomic E-state index is -0.477. The second kappa shape index (κ2) is 30.9. The van der Waals surface area contributed by atoms with Crippen molar-refractivity contribution in [1.82, 2.24) is 0 Å². The molecule has 240 valence electrons. The van der Waals surface area contributed by atoms with E-state index >= 15 is 0 Å². The first-order valence-electron chi connectivity index (χ1n) is 14.0. The number of alkyl halides is 1. The first kappa shape index (κ1) is 39.0. The van der Waals surface area contributed by atoms with Crippen LogP contribution >= 0.6 is 0 Å². The van der Waals surface area contributed by atoms with E-state index in [-0.39, 0.29) is 19.0 Å². The molecule has 0 aromatic rings. The predicted octanol–water partition coefficient (Wildman–Crippen LogP) is 1.85. The van der Waals surface area contributed by atoms with E-state index in [4.69, 9.17) is 52.1 Å². The van der Waals surface area contributed by atoms with Gasteiger partial charge >= 0.3 is 5.97 Å². The molecule has 12 nitrogen and oxygen atoms in total. The van der Waals surface area contributed by atoms with Crippen molar-refractivity contribution in [2.45, 2.75) is 32.8 Å². The molecule has 0 N–H and O–H groups in total. The van der Waals surface area contributed by atoms with Crippen LogP contribution in [0.1, 0.15) is 27.2 Å². The van der Waals surface area contributed by atoms with E-state index in [0.29, 0.717) is 126 Å². The lowest BCUT2D eigenvalue weighted by Gasteiger charge is -2.19. The summed E-state index contributed by atoms with van der Waals surface area (Å²) < 4.78 is 70.5. The van der Waals surface area contributed by atoms with E-state index in [1.807, 2.05) is 20.8 Å². The quantitative estimate of drug-likeness (QED) is 0.0843. The molecule has 0 unspecified atom stereocenters. The largest absolute Gasteiger partial charge is 0.460 e. The van der Waals surface area contributed by atoms with Gasteiger partial charge in [-0.3, -0.25) is 4.79 Å². The third-order valence-electron chi connectivity index (χ3n) is 4.44. The maximum Gasteiger partial charge on any atom is 0.308 e. The minimum Gasteiger partial charge on any atom is -0.460 e. The summed E-state index contributed by atoms with van der Waals surface area (Å²) in [6, 6.07) is 0. The van der Waals surface area contributed by atoms with Crippen LogP contribution in [-0.4, -0.2) is 150 Å². The predicted molar refractivity (Wildman–Crippen MR) is 145 cm³/mol. The Bertz CT molecular complexity index is 522.